The summed E-state index contributed by atoms with van der Waals surface area (Å²) in [6, 6.07) is 1.84. The van der Waals surface area contributed by atoms with Crippen LogP contribution in [0.15, 0.2) is 16.7 Å². The predicted octanol–water partition coefficient (Wildman–Crippen LogP) is 3.49. The molecule has 1 aliphatic heterocycles. The van der Waals surface area contributed by atoms with Crippen LogP contribution in [0.5, 0.6) is 0 Å². The van der Waals surface area contributed by atoms with Gasteiger partial charge in [0.05, 0.1) is 11.8 Å². The van der Waals surface area contributed by atoms with E-state index < -0.39 is 0 Å². The van der Waals surface area contributed by atoms with E-state index in [4.69, 9.17) is 4.42 Å². The van der Waals surface area contributed by atoms with Gasteiger partial charge in [0.1, 0.15) is 11.6 Å². The molecule has 1 amide bonds. The third kappa shape index (κ3) is 3.48. The van der Waals surface area contributed by atoms with Crippen LogP contribution in [-0.2, 0) is 6.42 Å². The molecule has 0 bridgehead atoms. The highest BCUT2D eigenvalue weighted by Crippen LogP contribution is 2.42. The van der Waals surface area contributed by atoms with Crippen LogP contribution in [0.2, 0.25) is 0 Å². The number of amides is 1. The zero-order chi connectivity index (χ0) is 17.4. The number of rotatable bonds is 5. The van der Waals surface area contributed by atoms with Gasteiger partial charge in [0.25, 0.3) is 5.91 Å². The van der Waals surface area contributed by atoms with Crippen molar-refractivity contribution >= 4 is 5.91 Å². The molecule has 134 valence electrons. The van der Waals surface area contributed by atoms with Gasteiger partial charge in [0.2, 0.25) is 0 Å². The van der Waals surface area contributed by atoms with E-state index in [1.807, 2.05) is 11.0 Å². The van der Waals surface area contributed by atoms with E-state index in [0.717, 1.165) is 68.2 Å². The number of H-pyrrole nitrogens is 1. The van der Waals surface area contributed by atoms with Crippen molar-refractivity contribution in [3.8, 4) is 0 Å². The van der Waals surface area contributed by atoms with Crippen molar-refractivity contribution in [3.05, 3.63) is 35.3 Å². The van der Waals surface area contributed by atoms with Gasteiger partial charge in [0.15, 0.2) is 5.82 Å². The van der Waals surface area contributed by atoms with Crippen molar-refractivity contribution in [1.82, 2.24) is 20.1 Å². The summed E-state index contributed by atoms with van der Waals surface area (Å²) in [5.74, 6) is 4.26. The van der Waals surface area contributed by atoms with Gasteiger partial charge in [-0.2, -0.15) is 5.10 Å². The van der Waals surface area contributed by atoms with E-state index in [-0.39, 0.29) is 5.91 Å². The number of furan rings is 1. The van der Waals surface area contributed by atoms with Gasteiger partial charge in [0, 0.05) is 31.3 Å². The van der Waals surface area contributed by atoms with E-state index in [2.05, 4.69) is 29.0 Å². The minimum atomic E-state index is 0.135. The zero-order valence-electron chi connectivity index (χ0n) is 15.0. The number of hydrogen-bond acceptors (Lipinski definition) is 4. The van der Waals surface area contributed by atoms with Crippen molar-refractivity contribution in [2.45, 2.75) is 57.8 Å². The fraction of sp³-hybridized carbons (Fsp3) is 0.632. The summed E-state index contributed by atoms with van der Waals surface area (Å²) in [5.41, 5.74) is 0.776. The Morgan fingerprint density at radius 2 is 2.08 bits per heavy atom. The Hall–Kier alpha value is -2.11. The lowest BCUT2D eigenvalue weighted by atomic mass is 9.93. The van der Waals surface area contributed by atoms with Crippen LogP contribution in [0.25, 0.3) is 0 Å². The summed E-state index contributed by atoms with van der Waals surface area (Å²) in [6.07, 6.45) is 6.89. The van der Waals surface area contributed by atoms with Gasteiger partial charge >= 0.3 is 0 Å². The van der Waals surface area contributed by atoms with Crippen LogP contribution in [0.4, 0.5) is 0 Å². The Morgan fingerprint density at radius 3 is 2.72 bits per heavy atom. The summed E-state index contributed by atoms with van der Waals surface area (Å²) >= 11 is 0. The van der Waals surface area contributed by atoms with Gasteiger partial charge in [-0.3, -0.25) is 9.89 Å². The Morgan fingerprint density at radius 1 is 1.32 bits per heavy atom. The van der Waals surface area contributed by atoms with E-state index in [1.165, 1.54) is 0 Å². The highest BCUT2D eigenvalue weighted by atomic mass is 16.3. The molecule has 0 radical (unpaired) electrons. The normalized spacial score (nSPS) is 18.9. The fourth-order valence-corrected chi connectivity index (χ4v) is 3.60. The first-order valence-electron chi connectivity index (χ1n) is 9.39. The Bertz CT molecular complexity index is 736. The molecule has 2 aromatic rings. The van der Waals surface area contributed by atoms with Crippen LogP contribution in [-0.4, -0.2) is 39.1 Å². The lowest BCUT2D eigenvalue weighted by Gasteiger charge is -2.31. The van der Waals surface area contributed by atoms with Gasteiger partial charge in [-0.25, -0.2) is 4.98 Å². The third-order valence-electron chi connectivity index (χ3n) is 5.32. The largest absolute Gasteiger partial charge is 0.468 e. The molecule has 2 aliphatic rings. The van der Waals surface area contributed by atoms with Gasteiger partial charge in [-0.1, -0.05) is 13.8 Å². The lowest BCUT2D eigenvalue weighted by molar-refractivity contribution is 0.0687. The first kappa shape index (κ1) is 16.4. The fourth-order valence-electron chi connectivity index (χ4n) is 3.60. The Kier molecular flexibility index (Phi) is 4.36. The number of likely N-dealkylation sites (tertiary alicyclic amines) is 1. The molecule has 6 nitrogen and oxygen atoms in total. The minimum absolute atomic E-state index is 0.135. The van der Waals surface area contributed by atoms with E-state index in [0.29, 0.717) is 17.8 Å². The molecule has 0 unspecified atom stereocenters. The van der Waals surface area contributed by atoms with E-state index >= 15 is 0 Å². The van der Waals surface area contributed by atoms with Crippen molar-refractivity contribution in [2.75, 3.05) is 13.1 Å². The second kappa shape index (κ2) is 6.65. The molecule has 3 heterocycles. The van der Waals surface area contributed by atoms with Gasteiger partial charge in [-0.15, -0.1) is 0 Å². The van der Waals surface area contributed by atoms with Gasteiger partial charge < -0.3 is 9.32 Å². The summed E-state index contributed by atoms with van der Waals surface area (Å²) in [6.45, 7) is 5.82. The molecule has 1 N–H and O–H groups in total. The number of nitrogens with one attached hydrogen (secondary N) is 1. The lowest BCUT2D eigenvalue weighted by Crippen LogP contribution is -2.39. The number of carbonyl (C=O) groups excluding carboxylic acids is 1. The second-order valence-electron chi connectivity index (χ2n) is 7.71. The number of carbonyl (C=O) groups is 1. The Balaban J connectivity index is 1.33. The first-order valence-corrected chi connectivity index (χ1v) is 9.39. The highest BCUT2D eigenvalue weighted by Gasteiger charge is 2.33. The Labute approximate surface area is 148 Å². The first-order chi connectivity index (χ1) is 12.1. The van der Waals surface area contributed by atoms with Crippen molar-refractivity contribution in [3.63, 3.8) is 0 Å². The average Bonchev–Trinajstić information content (AvgIpc) is 3.15. The van der Waals surface area contributed by atoms with Crippen LogP contribution >= 0.6 is 0 Å². The smallest absolute Gasteiger partial charge is 0.257 e. The molecule has 1 saturated carbocycles. The average molecular weight is 342 g/mol. The summed E-state index contributed by atoms with van der Waals surface area (Å²) in [7, 11) is 0. The molecule has 2 fully saturated rings. The molecule has 6 heteroatoms. The van der Waals surface area contributed by atoms with E-state index in [1.54, 1.807) is 6.26 Å². The van der Waals surface area contributed by atoms with Crippen LogP contribution in [0.1, 0.15) is 79.1 Å². The van der Waals surface area contributed by atoms with Crippen LogP contribution < -0.4 is 0 Å². The van der Waals surface area contributed by atoms with Crippen molar-refractivity contribution in [1.29, 1.82) is 0 Å². The van der Waals surface area contributed by atoms with Crippen LogP contribution in [0, 0.1) is 5.92 Å². The maximum atomic E-state index is 12.8. The SMILES string of the molecule is CC(C)c1n[nH]c(CC2CCN(C(=O)c3ccoc3C3CC3)CC2)n1. The topological polar surface area (TPSA) is 75.0 Å². The highest BCUT2D eigenvalue weighted by molar-refractivity contribution is 5.95. The number of nitrogens with zero attached hydrogens (tertiary/aromatic N) is 3. The van der Waals surface area contributed by atoms with E-state index in [9.17, 15) is 4.79 Å². The van der Waals surface area contributed by atoms with Crippen molar-refractivity contribution < 1.29 is 9.21 Å². The quantitative estimate of drug-likeness (QED) is 0.902. The second-order valence-corrected chi connectivity index (χ2v) is 7.71. The molecule has 0 atom stereocenters. The molecule has 4 rings (SSSR count). The summed E-state index contributed by atoms with van der Waals surface area (Å²) < 4.78 is 5.56. The van der Waals surface area contributed by atoms with Crippen LogP contribution in [0.3, 0.4) is 0 Å². The monoisotopic (exact) mass is 342 g/mol. The summed E-state index contributed by atoms with van der Waals surface area (Å²) in [5, 5.41) is 7.34. The number of aromatic nitrogens is 3. The molecule has 2 aromatic heterocycles. The third-order valence-corrected chi connectivity index (χ3v) is 5.32. The maximum Gasteiger partial charge on any atom is 0.257 e. The van der Waals surface area contributed by atoms with Crippen molar-refractivity contribution in [2.24, 2.45) is 5.92 Å². The zero-order valence-corrected chi connectivity index (χ0v) is 15.0. The molecule has 25 heavy (non-hydrogen) atoms. The number of piperidine rings is 1. The standard InChI is InChI=1S/C19H26N4O2/c1-12(2)18-20-16(21-22-18)11-13-5-8-23(9-6-13)19(24)15-7-10-25-17(15)14-3-4-14/h7,10,12-14H,3-6,8-9,11H2,1-2H3,(H,20,21,22). The van der Waals surface area contributed by atoms with Gasteiger partial charge in [-0.05, 0) is 37.7 Å². The molecule has 1 saturated heterocycles. The molecular weight excluding hydrogens is 316 g/mol. The molecule has 1 aliphatic carbocycles. The minimum Gasteiger partial charge on any atom is -0.468 e. The maximum absolute atomic E-state index is 12.8. The molecule has 0 aromatic carbocycles. The number of hydrogen-bond donors (Lipinski definition) is 1. The molecular formula is C19H26N4O2. The molecule has 0 spiro atoms. The summed E-state index contributed by atoms with van der Waals surface area (Å²) in [4.78, 5) is 19.4. The predicted molar refractivity (Wildman–Crippen MR) is 93.5 cm³/mol. The number of aromatic amines is 1.